The van der Waals surface area contributed by atoms with Crippen LogP contribution in [0, 0.1) is 5.82 Å². The summed E-state index contributed by atoms with van der Waals surface area (Å²) in [5.74, 6) is -1.14. The minimum Gasteiger partial charge on any atom is -0.350 e. The smallest absolute Gasteiger partial charge is 0.238 e. The van der Waals surface area contributed by atoms with Gasteiger partial charge in [-0.05, 0) is 36.2 Å². The van der Waals surface area contributed by atoms with E-state index < -0.39 is 11.7 Å². The zero-order valence-electron chi connectivity index (χ0n) is 13.7. The number of carbonyl (C=O) groups excluding carboxylic acids is 2. The number of carbonyl (C=O) groups is 2. The molecule has 0 fully saturated rings. The second-order valence-electron chi connectivity index (χ2n) is 5.33. The van der Waals surface area contributed by atoms with Crippen LogP contribution in [0.5, 0.6) is 0 Å². The average molecular weight is 384 g/mol. The van der Waals surface area contributed by atoms with E-state index in [-0.39, 0.29) is 24.7 Å². The Bertz CT molecular complexity index is 725. The first kappa shape index (κ1) is 19.4. The van der Waals surface area contributed by atoms with Crippen LogP contribution in [0.2, 0.25) is 5.02 Å². The first-order valence-corrected chi connectivity index (χ1v) is 9.00. The average Bonchev–Trinajstić information content (AvgIpc) is 3.09. The van der Waals surface area contributed by atoms with Crippen molar-refractivity contribution in [3.05, 3.63) is 51.4 Å². The van der Waals surface area contributed by atoms with Crippen molar-refractivity contribution in [3.8, 4) is 0 Å². The maximum Gasteiger partial charge on any atom is 0.238 e. The summed E-state index contributed by atoms with van der Waals surface area (Å²) in [4.78, 5) is 26.8. The number of thiophene rings is 1. The molecule has 0 unspecified atom stereocenters. The predicted octanol–water partition coefficient (Wildman–Crippen LogP) is 3.12. The zero-order chi connectivity index (χ0) is 18.2. The number of nitrogens with zero attached hydrogens (tertiary/aromatic N) is 1. The second-order valence-corrected chi connectivity index (χ2v) is 6.80. The quantitative estimate of drug-likeness (QED) is 0.736. The van der Waals surface area contributed by atoms with E-state index in [9.17, 15) is 14.0 Å². The fraction of sp³-hybridized carbons (Fsp3) is 0.294. The number of rotatable bonds is 8. The number of anilines is 1. The Kier molecular flexibility index (Phi) is 7.36. The molecule has 2 N–H and O–H groups in total. The van der Waals surface area contributed by atoms with Gasteiger partial charge < -0.3 is 10.6 Å². The molecule has 0 spiro atoms. The molecule has 2 aromatic rings. The van der Waals surface area contributed by atoms with E-state index in [4.69, 9.17) is 11.6 Å². The van der Waals surface area contributed by atoms with Crippen molar-refractivity contribution in [3.63, 3.8) is 0 Å². The standard InChI is InChI=1S/C17H19ClFN3O2S/c1-2-22(10-16(23)20-9-13-4-3-7-25-13)11-17(24)21-15-8-12(18)5-6-14(15)19/h3-8H,2,9-11H2,1H3,(H,20,23)(H,21,24). The highest BCUT2D eigenvalue weighted by Crippen LogP contribution is 2.19. The molecular weight excluding hydrogens is 365 g/mol. The zero-order valence-corrected chi connectivity index (χ0v) is 15.3. The van der Waals surface area contributed by atoms with Crippen LogP contribution in [0.1, 0.15) is 11.8 Å². The molecule has 0 atom stereocenters. The number of likely N-dealkylation sites (N-methyl/N-ethyl adjacent to an activating group) is 1. The summed E-state index contributed by atoms with van der Waals surface area (Å²) >= 11 is 7.36. The molecule has 0 radical (unpaired) electrons. The summed E-state index contributed by atoms with van der Waals surface area (Å²) in [5.41, 5.74) is 0.0238. The van der Waals surface area contributed by atoms with E-state index in [0.717, 1.165) is 4.88 Å². The lowest BCUT2D eigenvalue weighted by molar-refractivity contribution is -0.123. The van der Waals surface area contributed by atoms with Crippen molar-refractivity contribution in [1.82, 2.24) is 10.2 Å². The molecule has 2 amide bonds. The van der Waals surface area contributed by atoms with Gasteiger partial charge >= 0.3 is 0 Å². The van der Waals surface area contributed by atoms with Crippen LogP contribution < -0.4 is 10.6 Å². The molecule has 1 aromatic heterocycles. The molecule has 1 heterocycles. The largest absolute Gasteiger partial charge is 0.350 e. The summed E-state index contributed by atoms with van der Waals surface area (Å²) in [7, 11) is 0. The van der Waals surface area contributed by atoms with Crippen LogP contribution in [0.3, 0.4) is 0 Å². The van der Waals surface area contributed by atoms with E-state index in [2.05, 4.69) is 10.6 Å². The predicted molar refractivity (Wildman–Crippen MR) is 98.3 cm³/mol. The van der Waals surface area contributed by atoms with Crippen LogP contribution in [-0.2, 0) is 16.1 Å². The van der Waals surface area contributed by atoms with E-state index in [1.807, 2.05) is 24.4 Å². The maximum absolute atomic E-state index is 13.6. The minimum absolute atomic E-state index is 0.0190. The van der Waals surface area contributed by atoms with E-state index in [1.54, 1.807) is 16.2 Å². The summed E-state index contributed by atoms with van der Waals surface area (Å²) in [6, 6.07) is 7.80. The highest BCUT2D eigenvalue weighted by Gasteiger charge is 2.14. The third-order valence-electron chi connectivity index (χ3n) is 3.42. The van der Waals surface area contributed by atoms with E-state index in [0.29, 0.717) is 18.1 Å². The maximum atomic E-state index is 13.6. The fourth-order valence-electron chi connectivity index (χ4n) is 2.12. The fourth-order valence-corrected chi connectivity index (χ4v) is 2.94. The van der Waals surface area contributed by atoms with Gasteiger partial charge in [-0.15, -0.1) is 11.3 Å². The lowest BCUT2D eigenvalue weighted by Crippen LogP contribution is -2.40. The van der Waals surface area contributed by atoms with Gasteiger partial charge in [-0.3, -0.25) is 14.5 Å². The number of hydrogen-bond donors (Lipinski definition) is 2. The molecule has 25 heavy (non-hydrogen) atoms. The van der Waals surface area contributed by atoms with Crippen LogP contribution in [-0.4, -0.2) is 36.3 Å². The van der Waals surface area contributed by atoms with Crippen molar-refractivity contribution >= 4 is 40.4 Å². The molecule has 0 saturated carbocycles. The van der Waals surface area contributed by atoms with Crippen molar-refractivity contribution < 1.29 is 14.0 Å². The lowest BCUT2D eigenvalue weighted by Gasteiger charge is -2.19. The minimum atomic E-state index is -0.561. The van der Waals surface area contributed by atoms with Crippen molar-refractivity contribution in [1.29, 1.82) is 0 Å². The lowest BCUT2D eigenvalue weighted by atomic mass is 10.3. The summed E-state index contributed by atoms with van der Waals surface area (Å²) in [6.45, 7) is 2.90. The number of halogens is 2. The van der Waals surface area contributed by atoms with E-state index in [1.165, 1.54) is 18.2 Å². The molecule has 2 rings (SSSR count). The molecule has 0 saturated heterocycles. The van der Waals surface area contributed by atoms with Gasteiger partial charge in [0.2, 0.25) is 11.8 Å². The third kappa shape index (κ3) is 6.45. The summed E-state index contributed by atoms with van der Waals surface area (Å²) in [6.07, 6.45) is 0. The Morgan fingerprint density at radius 3 is 2.68 bits per heavy atom. The first-order valence-electron chi connectivity index (χ1n) is 7.74. The topological polar surface area (TPSA) is 61.4 Å². The Morgan fingerprint density at radius 1 is 1.24 bits per heavy atom. The highest BCUT2D eigenvalue weighted by atomic mass is 35.5. The molecule has 0 aliphatic rings. The SMILES string of the molecule is CCN(CC(=O)NCc1cccs1)CC(=O)Nc1cc(Cl)ccc1F. The molecule has 1 aromatic carbocycles. The molecule has 8 heteroatoms. The van der Waals surface area contributed by atoms with Gasteiger partial charge in [-0.1, -0.05) is 24.6 Å². The third-order valence-corrected chi connectivity index (χ3v) is 4.54. The van der Waals surface area contributed by atoms with Crippen LogP contribution in [0.25, 0.3) is 0 Å². The first-order chi connectivity index (χ1) is 12.0. The molecule has 0 bridgehead atoms. The van der Waals surface area contributed by atoms with Gasteiger partial charge in [0.05, 0.1) is 25.3 Å². The van der Waals surface area contributed by atoms with Crippen molar-refractivity contribution in [2.24, 2.45) is 0 Å². The van der Waals surface area contributed by atoms with Gasteiger partial charge in [-0.25, -0.2) is 4.39 Å². The van der Waals surface area contributed by atoms with E-state index >= 15 is 0 Å². The summed E-state index contributed by atoms with van der Waals surface area (Å²) in [5, 5.41) is 7.56. The Morgan fingerprint density at radius 2 is 2.00 bits per heavy atom. The van der Waals surface area contributed by atoms with Crippen LogP contribution in [0.15, 0.2) is 35.7 Å². The van der Waals surface area contributed by atoms with Crippen molar-refractivity contribution in [2.45, 2.75) is 13.5 Å². The monoisotopic (exact) mass is 383 g/mol. The Hall–Kier alpha value is -1.96. The number of hydrogen-bond acceptors (Lipinski definition) is 4. The molecule has 5 nitrogen and oxygen atoms in total. The number of nitrogens with one attached hydrogen (secondary N) is 2. The van der Waals surface area contributed by atoms with Gasteiger partial charge in [0.15, 0.2) is 0 Å². The van der Waals surface area contributed by atoms with Crippen molar-refractivity contribution in [2.75, 3.05) is 25.0 Å². The van der Waals surface area contributed by atoms with Crippen LogP contribution >= 0.6 is 22.9 Å². The van der Waals surface area contributed by atoms with Gasteiger partial charge in [0, 0.05) is 9.90 Å². The summed E-state index contributed by atoms with van der Waals surface area (Å²) < 4.78 is 13.6. The van der Waals surface area contributed by atoms with Gasteiger partial charge in [0.1, 0.15) is 5.82 Å². The number of amides is 2. The van der Waals surface area contributed by atoms with Gasteiger partial charge in [-0.2, -0.15) is 0 Å². The Balaban J connectivity index is 1.82. The molecular formula is C17H19ClFN3O2S. The second kappa shape index (κ2) is 9.50. The van der Waals surface area contributed by atoms with Gasteiger partial charge in [0.25, 0.3) is 0 Å². The molecule has 0 aliphatic heterocycles. The normalized spacial score (nSPS) is 10.7. The molecule has 0 aliphatic carbocycles. The highest BCUT2D eigenvalue weighted by molar-refractivity contribution is 7.09. The van der Waals surface area contributed by atoms with Crippen LogP contribution in [0.4, 0.5) is 10.1 Å². The molecule has 134 valence electrons. The number of benzene rings is 1. The Labute approximate surface area is 154 Å².